The van der Waals surface area contributed by atoms with Crippen molar-refractivity contribution in [1.29, 1.82) is 0 Å². The predicted molar refractivity (Wildman–Crippen MR) is 108 cm³/mol. The lowest BCUT2D eigenvalue weighted by molar-refractivity contribution is 0.0888. The molecule has 1 aromatic rings. The molecule has 5 nitrogen and oxygen atoms in total. The van der Waals surface area contributed by atoms with Crippen molar-refractivity contribution in [3.8, 4) is 0 Å². The van der Waals surface area contributed by atoms with Gasteiger partial charge in [-0.05, 0) is 30.5 Å². The van der Waals surface area contributed by atoms with Gasteiger partial charge in [0.05, 0.1) is 13.2 Å². The van der Waals surface area contributed by atoms with E-state index in [1.165, 1.54) is 5.56 Å². The van der Waals surface area contributed by atoms with Crippen LogP contribution >= 0.6 is 11.6 Å². The first-order valence-corrected chi connectivity index (χ1v) is 9.75. The first-order valence-electron chi connectivity index (χ1n) is 9.37. The Bertz CT molecular complexity index is 555. The van der Waals surface area contributed by atoms with Gasteiger partial charge < -0.3 is 20.1 Å². The summed E-state index contributed by atoms with van der Waals surface area (Å²) in [6.45, 7) is 9.32. The van der Waals surface area contributed by atoms with Crippen LogP contribution in [0.25, 0.3) is 0 Å². The normalized spacial score (nSPS) is 18.2. The fourth-order valence-corrected chi connectivity index (χ4v) is 3.00. The highest BCUT2D eigenvalue weighted by molar-refractivity contribution is 6.30. The highest BCUT2D eigenvalue weighted by Gasteiger charge is 2.20. The van der Waals surface area contributed by atoms with Crippen LogP contribution < -0.4 is 10.6 Å². The van der Waals surface area contributed by atoms with Gasteiger partial charge in [0.2, 0.25) is 0 Å². The van der Waals surface area contributed by atoms with Crippen LogP contribution in [0.1, 0.15) is 32.3 Å². The van der Waals surface area contributed by atoms with E-state index in [0.29, 0.717) is 5.92 Å². The minimum atomic E-state index is -0.0192. The maximum absolute atomic E-state index is 5.98. The minimum Gasteiger partial charge on any atom is -0.381 e. The van der Waals surface area contributed by atoms with Crippen LogP contribution in [-0.4, -0.2) is 52.5 Å². The van der Waals surface area contributed by atoms with E-state index in [0.717, 1.165) is 63.3 Å². The molecule has 1 heterocycles. The fourth-order valence-electron chi connectivity index (χ4n) is 2.87. The zero-order valence-electron chi connectivity index (χ0n) is 16.2. The molecule has 1 fully saturated rings. The second-order valence-electron chi connectivity index (χ2n) is 7.40. The summed E-state index contributed by atoms with van der Waals surface area (Å²) >= 11 is 5.98. The zero-order valence-corrected chi connectivity index (χ0v) is 16.9. The van der Waals surface area contributed by atoms with Crippen LogP contribution in [0.5, 0.6) is 0 Å². The predicted octanol–water partition coefficient (Wildman–Crippen LogP) is 3.23. The SMILES string of the molecule is CN=C(NCCCOCC1CCOC1)NCC(C)(C)c1ccc(Cl)cc1. The third-order valence-corrected chi connectivity index (χ3v) is 4.93. The quantitative estimate of drug-likeness (QED) is 0.392. The van der Waals surface area contributed by atoms with E-state index in [2.05, 4.69) is 41.6 Å². The van der Waals surface area contributed by atoms with Crippen LogP contribution in [0.2, 0.25) is 5.02 Å². The Labute approximate surface area is 162 Å². The Kier molecular flexibility index (Phi) is 8.69. The Balaban J connectivity index is 1.63. The number of ether oxygens (including phenoxy) is 2. The second kappa shape index (κ2) is 10.8. The van der Waals surface area contributed by atoms with Gasteiger partial charge >= 0.3 is 0 Å². The van der Waals surface area contributed by atoms with Crippen molar-refractivity contribution in [1.82, 2.24) is 10.6 Å². The molecule has 1 unspecified atom stereocenters. The molecule has 26 heavy (non-hydrogen) atoms. The van der Waals surface area contributed by atoms with Crippen molar-refractivity contribution in [3.63, 3.8) is 0 Å². The molecule has 1 atom stereocenters. The minimum absolute atomic E-state index is 0.0192. The van der Waals surface area contributed by atoms with E-state index in [-0.39, 0.29) is 5.41 Å². The van der Waals surface area contributed by atoms with Gasteiger partial charge in [0.1, 0.15) is 0 Å². The summed E-state index contributed by atoms with van der Waals surface area (Å²) in [5, 5.41) is 7.51. The molecule has 0 aromatic heterocycles. The van der Waals surface area contributed by atoms with Crippen molar-refractivity contribution in [3.05, 3.63) is 34.9 Å². The standard InChI is InChI=1S/C20H32ClN3O2/c1-20(2,17-5-7-18(21)8-6-17)15-24-19(22-3)23-10-4-11-25-13-16-9-12-26-14-16/h5-8,16H,4,9-15H2,1-3H3,(H2,22,23,24). The number of aliphatic imine (C=N–C) groups is 1. The van der Waals surface area contributed by atoms with Gasteiger partial charge in [-0.2, -0.15) is 0 Å². The molecule has 1 aromatic carbocycles. The molecule has 0 aliphatic carbocycles. The first kappa shape index (κ1) is 21.0. The molecule has 1 aliphatic rings. The molecule has 6 heteroatoms. The number of guanidine groups is 1. The van der Waals surface area contributed by atoms with Crippen molar-refractivity contribution < 1.29 is 9.47 Å². The Hall–Kier alpha value is -1.30. The smallest absolute Gasteiger partial charge is 0.191 e. The highest BCUT2D eigenvalue weighted by atomic mass is 35.5. The van der Waals surface area contributed by atoms with Gasteiger partial charge in [-0.3, -0.25) is 4.99 Å². The zero-order chi connectivity index (χ0) is 18.8. The van der Waals surface area contributed by atoms with E-state index >= 15 is 0 Å². The highest BCUT2D eigenvalue weighted by Crippen LogP contribution is 2.23. The molecule has 0 amide bonds. The summed E-state index contributed by atoms with van der Waals surface area (Å²) in [5.41, 5.74) is 1.23. The Morgan fingerprint density at radius 2 is 2.08 bits per heavy atom. The average molecular weight is 382 g/mol. The molecule has 2 rings (SSSR count). The second-order valence-corrected chi connectivity index (χ2v) is 7.84. The van der Waals surface area contributed by atoms with Gasteiger partial charge in [-0.1, -0.05) is 37.6 Å². The van der Waals surface area contributed by atoms with Crippen LogP contribution in [0.3, 0.4) is 0 Å². The molecule has 1 aliphatic heterocycles. The Morgan fingerprint density at radius 3 is 2.73 bits per heavy atom. The number of nitrogens with zero attached hydrogens (tertiary/aromatic N) is 1. The van der Waals surface area contributed by atoms with E-state index in [1.54, 1.807) is 7.05 Å². The summed E-state index contributed by atoms with van der Waals surface area (Å²) in [7, 11) is 1.79. The number of hydrogen-bond acceptors (Lipinski definition) is 3. The molecular formula is C20H32ClN3O2. The molecule has 0 radical (unpaired) electrons. The van der Waals surface area contributed by atoms with E-state index in [1.807, 2.05) is 12.1 Å². The monoisotopic (exact) mass is 381 g/mol. The van der Waals surface area contributed by atoms with Crippen LogP contribution in [0.4, 0.5) is 0 Å². The van der Waals surface area contributed by atoms with E-state index < -0.39 is 0 Å². The molecule has 2 N–H and O–H groups in total. The maximum Gasteiger partial charge on any atom is 0.191 e. The summed E-state index contributed by atoms with van der Waals surface area (Å²) in [4.78, 5) is 4.30. The van der Waals surface area contributed by atoms with Gasteiger partial charge in [-0.25, -0.2) is 0 Å². The molecular weight excluding hydrogens is 350 g/mol. The summed E-state index contributed by atoms with van der Waals surface area (Å²) in [6.07, 6.45) is 2.08. The van der Waals surface area contributed by atoms with Crippen molar-refractivity contribution in [2.24, 2.45) is 10.9 Å². The fraction of sp³-hybridized carbons (Fsp3) is 0.650. The number of hydrogen-bond donors (Lipinski definition) is 2. The lowest BCUT2D eigenvalue weighted by Gasteiger charge is -2.27. The summed E-state index contributed by atoms with van der Waals surface area (Å²) in [5.74, 6) is 1.39. The van der Waals surface area contributed by atoms with Crippen molar-refractivity contribution in [2.75, 3.05) is 46.6 Å². The van der Waals surface area contributed by atoms with E-state index in [9.17, 15) is 0 Å². The van der Waals surface area contributed by atoms with Gasteiger partial charge in [0, 0.05) is 49.7 Å². The Morgan fingerprint density at radius 1 is 1.31 bits per heavy atom. The largest absolute Gasteiger partial charge is 0.381 e. The van der Waals surface area contributed by atoms with Crippen LogP contribution in [-0.2, 0) is 14.9 Å². The number of halogens is 1. The third-order valence-electron chi connectivity index (χ3n) is 4.68. The number of nitrogens with one attached hydrogen (secondary N) is 2. The number of rotatable bonds is 9. The summed E-state index contributed by atoms with van der Waals surface area (Å²) < 4.78 is 11.1. The van der Waals surface area contributed by atoms with Crippen molar-refractivity contribution >= 4 is 17.6 Å². The molecule has 146 valence electrons. The van der Waals surface area contributed by atoms with E-state index in [4.69, 9.17) is 21.1 Å². The molecule has 0 saturated carbocycles. The van der Waals surface area contributed by atoms with Crippen LogP contribution in [0, 0.1) is 5.92 Å². The van der Waals surface area contributed by atoms with Crippen molar-refractivity contribution in [2.45, 2.75) is 32.1 Å². The topological polar surface area (TPSA) is 54.9 Å². The van der Waals surface area contributed by atoms with Gasteiger partial charge in [0.15, 0.2) is 5.96 Å². The van der Waals surface area contributed by atoms with Crippen LogP contribution in [0.15, 0.2) is 29.3 Å². The van der Waals surface area contributed by atoms with Gasteiger partial charge in [-0.15, -0.1) is 0 Å². The molecule has 0 bridgehead atoms. The van der Waals surface area contributed by atoms with Gasteiger partial charge in [0.25, 0.3) is 0 Å². The number of benzene rings is 1. The average Bonchev–Trinajstić information content (AvgIpc) is 3.14. The third kappa shape index (κ3) is 7.14. The summed E-state index contributed by atoms with van der Waals surface area (Å²) in [6, 6.07) is 8.02. The lowest BCUT2D eigenvalue weighted by Crippen LogP contribution is -2.43. The molecule has 0 spiro atoms. The first-order chi connectivity index (χ1) is 12.5. The molecule has 1 saturated heterocycles. The maximum atomic E-state index is 5.98. The lowest BCUT2D eigenvalue weighted by atomic mass is 9.85.